The second kappa shape index (κ2) is 4.78. The number of amides is 1. The molecule has 0 heterocycles. The van der Waals surface area contributed by atoms with E-state index in [0.29, 0.717) is 0 Å². The van der Waals surface area contributed by atoms with Gasteiger partial charge in [0.2, 0.25) is 5.91 Å². The summed E-state index contributed by atoms with van der Waals surface area (Å²) in [7, 11) is 0. The van der Waals surface area contributed by atoms with Gasteiger partial charge in [-0.15, -0.1) is 0 Å². The highest BCUT2D eigenvalue weighted by molar-refractivity contribution is 5.83. The molecule has 3 N–H and O–H groups in total. The van der Waals surface area contributed by atoms with Crippen molar-refractivity contribution < 1.29 is 4.79 Å². The normalized spacial score (nSPS) is 13.2. The lowest BCUT2D eigenvalue weighted by Crippen LogP contribution is -2.45. The molecule has 0 fully saturated rings. The monoisotopic (exact) mass is 234 g/mol. The van der Waals surface area contributed by atoms with Crippen molar-refractivity contribution in [1.82, 2.24) is 0 Å². The third-order valence-corrected chi connectivity index (χ3v) is 2.68. The Kier molecular flexibility index (Phi) is 3.81. The Morgan fingerprint density at radius 1 is 1.18 bits per heavy atom. The summed E-state index contributed by atoms with van der Waals surface area (Å²) in [5.74, 6) is -0.323. The highest BCUT2D eigenvalue weighted by Crippen LogP contribution is 2.24. The fourth-order valence-electron chi connectivity index (χ4n) is 1.94. The number of carbonyl (C=O) groups excluding carboxylic acids is 1. The van der Waals surface area contributed by atoms with E-state index in [1.54, 1.807) is 0 Å². The van der Waals surface area contributed by atoms with Crippen LogP contribution in [-0.4, -0.2) is 11.9 Å². The predicted octanol–water partition coefficient (Wildman–Crippen LogP) is 2.62. The fraction of sp³-hybridized carbons (Fsp3) is 0.500. The molecule has 0 saturated carbocycles. The van der Waals surface area contributed by atoms with Crippen LogP contribution in [0.5, 0.6) is 0 Å². The van der Waals surface area contributed by atoms with Crippen molar-refractivity contribution in [3.05, 3.63) is 29.3 Å². The predicted molar refractivity (Wildman–Crippen MR) is 72.0 cm³/mol. The molecule has 1 aromatic rings. The smallest absolute Gasteiger partial charge is 0.240 e. The lowest BCUT2D eigenvalue weighted by atomic mass is 9.86. The van der Waals surface area contributed by atoms with E-state index in [9.17, 15) is 4.79 Å². The lowest BCUT2D eigenvalue weighted by molar-refractivity contribution is -0.120. The number of hydrogen-bond donors (Lipinski definition) is 2. The number of benzene rings is 1. The van der Waals surface area contributed by atoms with Crippen LogP contribution in [0.25, 0.3) is 0 Å². The number of rotatable bonds is 3. The zero-order valence-corrected chi connectivity index (χ0v) is 11.3. The summed E-state index contributed by atoms with van der Waals surface area (Å²) in [6.45, 7) is 10.1. The quantitative estimate of drug-likeness (QED) is 0.844. The van der Waals surface area contributed by atoms with Gasteiger partial charge in [-0.05, 0) is 42.5 Å². The Labute approximate surface area is 103 Å². The number of nitrogens with two attached hydrogens (primary N) is 1. The van der Waals surface area contributed by atoms with Crippen molar-refractivity contribution in [3.63, 3.8) is 0 Å². The van der Waals surface area contributed by atoms with Gasteiger partial charge in [0, 0.05) is 5.69 Å². The summed E-state index contributed by atoms with van der Waals surface area (Å²) in [5.41, 5.74) is 8.53. The molecule has 17 heavy (non-hydrogen) atoms. The molecule has 1 amide bonds. The number of aryl methyl sites for hydroxylation is 2. The molecule has 0 aliphatic carbocycles. The molecule has 0 spiro atoms. The second-order valence-electron chi connectivity index (χ2n) is 5.72. The lowest BCUT2D eigenvalue weighted by Gasteiger charge is -2.29. The first kappa shape index (κ1) is 13.6. The van der Waals surface area contributed by atoms with E-state index < -0.39 is 0 Å². The first-order valence-electron chi connectivity index (χ1n) is 5.84. The first-order chi connectivity index (χ1) is 7.70. The van der Waals surface area contributed by atoms with Crippen LogP contribution in [0.3, 0.4) is 0 Å². The van der Waals surface area contributed by atoms with Gasteiger partial charge in [-0.25, -0.2) is 0 Å². The average Bonchev–Trinajstić information content (AvgIpc) is 2.10. The van der Waals surface area contributed by atoms with Gasteiger partial charge in [-0.2, -0.15) is 0 Å². The minimum atomic E-state index is -0.372. The maximum atomic E-state index is 11.5. The summed E-state index contributed by atoms with van der Waals surface area (Å²) >= 11 is 0. The van der Waals surface area contributed by atoms with Crippen LogP contribution in [0.4, 0.5) is 5.69 Å². The molecular formula is C14H22N2O. The molecule has 1 aromatic carbocycles. The molecule has 1 rings (SSSR count). The van der Waals surface area contributed by atoms with Gasteiger partial charge in [0.1, 0.15) is 6.04 Å². The van der Waals surface area contributed by atoms with Crippen LogP contribution in [0.2, 0.25) is 0 Å². The molecule has 0 saturated heterocycles. The number of carbonyl (C=O) groups is 1. The zero-order valence-electron chi connectivity index (χ0n) is 11.3. The number of nitrogens with one attached hydrogen (secondary N) is 1. The molecule has 1 atom stereocenters. The Morgan fingerprint density at radius 2 is 1.65 bits per heavy atom. The Balaban J connectivity index is 2.98. The van der Waals surface area contributed by atoms with Gasteiger partial charge in [0.05, 0.1) is 0 Å². The maximum absolute atomic E-state index is 11.5. The maximum Gasteiger partial charge on any atom is 0.240 e. The molecule has 0 aliphatic heterocycles. The SMILES string of the molecule is Cc1cc(C)cc(NC(C(N)=O)C(C)(C)C)c1. The summed E-state index contributed by atoms with van der Waals surface area (Å²) < 4.78 is 0. The minimum absolute atomic E-state index is 0.205. The van der Waals surface area contributed by atoms with Crippen molar-refractivity contribution in [1.29, 1.82) is 0 Å². The summed E-state index contributed by atoms with van der Waals surface area (Å²) in [5, 5.41) is 3.23. The zero-order chi connectivity index (χ0) is 13.2. The Hall–Kier alpha value is -1.51. The van der Waals surface area contributed by atoms with E-state index in [1.807, 2.05) is 46.8 Å². The first-order valence-corrected chi connectivity index (χ1v) is 5.84. The highest BCUT2D eigenvalue weighted by atomic mass is 16.1. The summed E-state index contributed by atoms with van der Waals surface area (Å²) in [6, 6.07) is 5.77. The number of primary amides is 1. The molecule has 0 aliphatic rings. The molecule has 3 nitrogen and oxygen atoms in total. The van der Waals surface area contributed by atoms with E-state index >= 15 is 0 Å². The van der Waals surface area contributed by atoms with Crippen molar-refractivity contribution >= 4 is 11.6 Å². The largest absolute Gasteiger partial charge is 0.373 e. The van der Waals surface area contributed by atoms with Gasteiger partial charge in [-0.3, -0.25) is 4.79 Å². The summed E-state index contributed by atoms with van der Waals surface area (Å²) in [6.07, 6.45) is 0. The van der Waals surface area contributed by atoms with Crippen molar-refractivity contribution in [2.45, 2.75) is 40.7 Å². The van der Waals surface area contributed by atoms with Crippen LogP contribution in [0.15, 0.2) is 18.2 Å². The molecule has 0 aromatic heterocycles. The fourth-order valence-corrected chi connectivity index (χ4v) is 1.94. The van der Waals surface area contributed by atoms with Crippen molar-refractivity contribution in [2.24, 2.45) is 11.1 Å². The van der Waals surface area contributed by atoms with Gasteiger partial charge >= 0.3 is 0 Å². The summed E-state index contributed by atoms with van der Waals surface area (Å²) in [4.78, 5) is 11.5. The van der Waals surface area contributed by atoms with Crippen molar-refractivity contribution in [3.8, 4) is 0 Å². The molecule has 0 radical (unpaired) electrons. The molecule has 1 unspecified atom stereocenters. The highest BCUT2D eigenvalue weighted by Gasteiger charge is 2.29. The van der Waals surface area contributed by atoms with Crippen LogP contribution in [0, 0.1) is 19.3 Å². The number of anilines is 1. The number of hydrogen-bond acceptors (Lipinski definition) is 2. The Bertz CT molecular complexity index is 398. The molecular weight excluding hydrogens is 212 g/mol. The molecule has 3 heteroatoms. The molecule has 94 valence electrons. The van der Waals surface area contributed by atoms with Crippen LogP contribution in [-0.2, 0) is 4.79 Å². The van der Waals surface area contributed by atoms with E-state index in [1.165, 1.54) is 11.1 Å². The van der Waals surface area contributed by atoms with Crippen LogP contribution in [0.1, 0.15) is 31.9 Å². The van der Waals surface area contributed by atoms with Crippen LogP contribution < -0.4 is 11.1 Å². The minimum Gasteiger partial charge on any atom is -0.373 e. The third-order valence-electron chi connectivity index (χ3n) is 2.68. The Morgan fingerprint density at radius 3 is 2.00 bits per heavy atom. The van der Waals surface area contributed by atoms with Crippen LogP contribution >= 0.6 is 0 Å². The van der Waals surface area contributed by atoms with Gasteiger partial charge < -0.3 is 11.1 Å². The van der Waals surface area contributed by atoms with E-state index in [4.69, 9.17) is 5.73 Å². The topological polar surface area (TPSA) is 55.1 Å². The second-order valence-corrected chi connectivity index (χ2v) is 5.72. The van der Waals surface area contributed by atoms with Gasteiger partial charge in [0.25, 0.3) is 0 Å². The third kappa shape index (κ3) is 3.77. The molecule has 0 bridgehead atoms. The average molecular weight is 234 g/mol. The van der Waals surface area contributed by atoms with E-state index in [-0.39, 0.29) is 17.4 Å². The van der Waals surface area contributed by atoms with Gasteiger partial charge in [0.15, 0.2) is 0 Å². The van der Waals surface area contributed by atoms with E-state index in [2.05, 4.69) is 11.4 Å². The standard InChI is InChI=1S/C14H22N2O/c1-9-6-10(2)8-11(7-9)16-12(13(15)17)14(3,4)5/h6-8,12,16H,1-5H3,(H2,15,17). The van der Waals surface area contributed by atoms with E-state index in [0.717, 1.165) is 5.69 Å². The van der Waals surface area contributed by atoms with Crippen molar-refractivity contribution in [2.75, 3.05) is 5.32 Å². The van der Waals surface area contributed by atoms with Gasteiger partial charge in [-0.1, -0.05) is 26.8 Å².